The van der Waals surface area contributed by atoms with Gasteiger partial charge in [0.2, 0.25) is 6.33 Å². The zero-order valence-electron chi connectivity index (χ0n) is 6.99. The van der Waals surface area contributed by atoms with E-state index in [1.54, 1.807) is 0 Å². The molecule has 60 valence electrons. The van der Waals surface area contributed by atoms with Gasteiger partial charge in [-0.1, -0.05) is 6.92 Å². The normalized spacial score (nSPS) is 20.2. The van der Waals surface area contributed by atoms with E-state index < -0.39 is 0 Å². The SMILES string of the molecule is C#[N+]c1ncnc2c1C(C)CC2. The van der Waals surface area contributed by atoms with Crippen molar-refractivity contribution >= 4 is 5.82 Å². The standard InChI is InChI=1S/C9H10N3/c1-6-3-4-7-8(6)9(10-2)12-5-11-7/h2,5-6H,3-4H2,1H3/q+1. The third-order valence-corrected chi connectivity index (χ3v) is 2.37. The van der Waals surface area contributed by atoms with Crippen LogP contribution in [0.25, 0.3) is 4.85 Å². The lowest BCUT2D eigenvalue weighted by Crippen LogP contribution is -1.91. The fraction of sp³-hybridized carbons (Fsp3) is 0.444. The van der Waals surface area contributed by atoms with Crippen LogP contribution in [0.1, 0.15) is 30.5 Å². The summed E-state index contributed by atoms with van der Waals surface area (Å²) in [4.78, 5) is 11.8. The third-order valence-electron chi connectivity index (χ3n) is 2.37. The molecule has 0 aromatic carbocycles. The molecule has 1 aromatic rings. The van der Waals surface area contributed by atoms with Crippen LogP contribution in [0.5, 0.6) is 0 Å². The lowest BCUT2D eigenvalue weighted by Gasteiger charge is -1.97. The summed E-state index contributed by atoms with van der Waals surface area (Å²) in [6.07, 6.45) is 3.70. The van der Waals surface area contributed by atoms with Gasteiger partial charge in [-0.25, -0.2) is 4.98 Å². The number of aromatic nitrogens is 2. The molecule has 1 heterocycles. The maximum Gasteiger partial charge on any atom is 0.432 e. The highest BCUT2D eigenvalue weighted by atomic mass is 14.9. The average molecular weight is 160 g/mol. The molecular formula is C9H10N3+. The summed E-state index contributed by atoms with van der Waals surface area (Å²) < 4.78 is 0. The van der Waals surface area contributed by atoms with Gasteiger partial charge in [0.15, 0.2) is 0 Å². The maximum atomic E-state index is 5.22. The van der Waals surface area contributed by atoms with Gasteiger partial charge in [0, 0.05) is 0 Å². The second kappa shape index (κ2) is 2.56. The van der Waals surface area contributed by atoms with Gasteiger partial charge in [-0.05, 0) is 23.7 Å². The Morgan fingerprint density at radius 2 is 2.42 bits per heavy atom. The highest BCUT2D eigenvalue weighted by Crippen LogP contribution is 2.36. The molecule has 1 aliphatic rings. The molecular weight excluding hydrogens is 150 g/mol. The molecule has 0 spiro atoms. The van der Waals surface area contributed by atoms with Crippen LogP contribution in [0.15, 0.2) is 6.33 Å². The van der Waals surface area contributed by atoms with Crippen LogP contribution in [0.4, 0.5) is 5.82 Å². The Hall–Kier alpha value is -1.43. The van der Waals surface area contributed by atoms with E-state index in [-0.39, 0.29) is 0 Å². The predicted octanol–water partition coefficient (Wildman–Crippen LogP) is 2.12. The van der Waals surface area contributed by atoms with Crippen molar-refractivity contribution in [2.75, 3.05) is 0 Å². The van der Waals surface area contributed by atoms with Crippen LogP contribution < -0.4 is 0 Å². The first kappa shape index (κ1) is 7.23. The Labute approximate surface area is 71.3 Å². The second-order valence-electron chi connectivity index (χ2n) is 3.13. The van der Waals surface area contributed by atoms with Gasteiger partial charge in [-0.3, -0.25) is 0 Å². The molecule has 12 heavy (non-hydrogen) atoms. The molecule has 0 fully saturated rings. The maximum absolute atomic E-state index is 5.22. The van der Waals surface area contributed by atoms with Gasteiger partial charge in [0.1, 0.15) is 6.57 Å². The number of hydrogen-bond acceptors (Lipinski definition) is 2. The summed E-state index contributed by atoms with van der Waals surface area (Å²) in [5, 5.41) is 0. The second-order valence-corrected chi connectivity index (χ2v) is 3.13. The van der Waals surface area contributed by atoms with E-state index in [0.717, 1.165) is 24.1 Å². The van der Waals surface area contributed by atoms with Gasteiger partial charge < -0.3 is 0 Å². The van der Waals surface area contributed by atoms with Crippen molar-refractivity contribution < 1.29 is 0 Å². The lowest BCUT2D eigenvalue weighted by molar-refractivity contribution is 0.747. The van der Waals surface area contributed by atoms with Crippen molar-refractivity contribution in [1.29, 1.82) is 0 Å². The largest absolute Gasteiger partial charge is 0.432 e. The summed E-state index contributed by atoms with van der Waals surface area (Å²) in [5.74, 6) is 1.16. The quantitative estimate of drug-likeness (QED) is 0.582. The summed E-state index contributed by atoms with van der Waals surface area (Å²) in [6, 6.07) is 0. The minimum atomic E-state index is 0.503. The van der Waals surface area contributed by atoms with Crippen LogP contribution >= 0.6 is 0 Å². The highest BCUT2D eigenvalue weighted by Gasteiger charge is 2.28. The molecule has 1 atom stereocenters. The van der Waals surface area contributed by atoms with Gasteiger partial charge in [0.05, 0.1) is 11.3 Å². The molecule has 0 saturated carbocycles. The third kappa shape index (κ3) is 0.884. The van der Waals surface area contributed by atoms with Crippen LogP contribution in [0.2, 0.25) is 0 Å². The summed E-state index contributed by atoms with van der Waals surface area (Å²) >= 11 is 0. The van der Waals surface area contributed by atoms with Crippen LogP contribution in [-0.4, -0.2) is 9.97 Å². The van der Waals surface area contributed by atoms with Gasteiger partial charge >= 0.3 is 5.82 Å². The Balaban J connectivity index is 2.62. The van der Waals surface area contributed by atoms with Crippen molar-refractivity contribution in [3.63, 3.8) is 0 Å². The highest BCUT2D eigenvalue weighted by molar-refractivity contribution is 5.51. The van der Waals surface area contributed by atoms with Crippen molar-refractivity contribution in [2.24, 2.45) is 0 Å². The van der Waals surface area contributed by atoms with Crippen molar-refractivity contribution in [2.45, 2.75) is 25.7 Å². The Morgan fingerprint density at radius 1 is 1.58 bits per heavy atom. The lowest BCUT2D eigenvalue weighted by atomic mass is 10.1. The van der Waals surface area contributed by atoms with E-state index in [4.69, 9.17) is 6.57 Å². The number of rotatable bonds is 0. The van der Waals surface area contributed by atoms with E-state index in [9.17, 15) is 0 Å². The van der Waals surface area contributed by atoms with Gasteiger partial charge in [-0.2, -0.15) is 4.85 Å². The van der Waals surface area contributed by atoms with Crippen LogP contribution in [-0.2, 0) is 6.42 Å². The van der Waals surface area contributed by atoms with E-state index in [2.05, 4.69) is 21.7 Å². The smallest absolute Gasteiger partial charge is 0.217 e. The number of hydrogen-bond donors (Lipinski definition) is 0. The van der Waals surface area contributed by atoms with Crippen LogP contribution in [0.3, 0.4) is 0 Å². The Morgan fingerprint density at radius 3 is 3.17 bits per heavy atom. The van der Waals surface area contributed by atoms with Crippen molar-refractivity contribution in [3.05, 3.63) is 22.4 Å². The molecule has 0 radical (unpaired) electrons. The predicted molar refractivity (Wildman–Crippen MR) is 46.7 cm³/mol. The van der Waals surface area contributed by atoms with Crippen LogP contribution in [0, 0.1) is 6.57 Å². The number of aryl methyl sites for hydroxylation is 1. The number of fused-ring (bicyclic) bond motifs is 1. The Bertz CT molecular complexity index is 351. The molecule has 3 nitrogen and oxygen atoms in total. The Kier molecular flexibility index (Phi) is 1.54. The average Bonchev–Trinajstić information content (AvgIpc) is 2.48. The topological polar surface area (TPSA) is 30.1 Å². The van der Waals surface area contributed by atoms with E-state index in [1.807, 2.05) is 0 Å². The number of nitrogens with zero attached hydrogens (tertiary/aromatic N) is 3. The molecule has 0 aliphatic heterocycles. The molecule has 0 N–H and O–H groups in total. The zero-order valence-corrected chi connectivity index (χ0v) is 6.99. The molecule has 0 amide bonds. The monoisotopic (exact) mass is 160 g/mol. The molecule has 1 aliphatic carbocycles. The van der Waals surface area contributed by atoms with E-state index in [1.165, 1.54) is 6.33 Å². The summed E-state index contributed by atoms with van der Waals surface area (Å²) in [7, 11) is 0. The zero-order chi connectivity index (χ0) is 8.55. The summed E-state index contributed by atoms with van der Waals surface area (Å²) in [5.41, 5.74) is 2.25. The first-order chi connectivity index (χ1) is 5.83. The van der Waals surface area contributed by atoms with Crippen molar-refractivity contribution in [1.82, 2.24) is 9.97 Å². The molecule has 0 saturated heterocycles. The molecule has 1 unspecified atom stereocenters. The minimum Gasteiger partial charge on any atom is -0.217 e. The summed E-state index contributed by atoms with van der Waals surface area (Å²) in [6.45, 7) is 7.38. The van der Waals surface area contributed by atoms with Gasteiger partial charge in [0.25, 0.3) is 0 Å². The molecule has 0 bridgehead atoms. The van der Waals surface area contributed by atoms with Crippen molar-refractivity contribution in [3.8, 4) is 6.57 Å². The molecule has 1 aromatic heterocycles. The molecule has 2 rings (SSSR count). The minimum absolute atomic E-state index is 0.503. The first-order valence-corrected chi connectivity index (χ1v) is 4.07. The molecule has 3 heteroatoms. The van der Waals surface area contributed by atoms with E-state index in [0.29, 0.717) is 11.7 Å². The fourth-order valence-corrected chi connectivity index (χ4v) is 1.73. The van der Waals surface area contributed by atoms with E-state index >= 15 is 0 Å². The van der Waals surface area contributed by atoms with Gasteiger partial charge in [-0.15, -0.1) is 0 Å². The first-order valence-electron chi connectivity index (χ1n) is 4.07. The fourth-order valence-electron chi connectivity index (χ4n) is 1.73.